The standard InChI is InChI=1S/C16H15BrFN3OS/c17-15-6-5-14(23-15)16-11(8-20-21-16)7-19-9-13(22)10-1-3-12(18)4-2-10/h1-6,8,13,19,22H,7,9H2,(H,20,21)/t13-/m0/s1. The number of H-pyrrole nitrogens is 1. The highest BCUT2D eigenvalue weighted by Gasteiger charge is 2.11. The van der Waals surface area contributed by atoms with E-state index in [2.05, 4.69) is 31.4 Å². The topological polar surface area (TPSA) is 60.9 Å². The van der Waals surface area contributed by atoms with Crippen molar-refractivity contribution in [2.75, 3.05) is 6.54 Å². The first-order valence-corrected chi connectivity index (χ1v) is 8.66. The Morgan fingerprint density at radius 1 is 1.26 bits per heavy atom. The van der Waals surface area contributed by atoms with Gasteiger partial charge in [-0.15, -0.1) is 11.3 Å². The fourth-order valence-corrected chi connectivity index (χ4v) is 3.67. The number of nitrogens with zero attached hydrogens (tertiary/aromatic N) is 1. The molecule has 1 aromatic carbocycles. The summed E-state index contributed by atoms with van der Waals surface area (Å²) in [5, 5.41) is 20.4. The summed E-state index contributed by atoms with van der Waals surface area (Å²) in [6, 6.07) is 9.90. The van der Waals surface area contributed by atoms with E-state index >= 15 is 0 Å². The molecule has 3 rings (SSSR count). The molecule has 1 atom stereocenters. The van der Waals surface area contributed by atoms with Crippen LogP contribution in [0.15, 0.2) is 46.4 Å². The van der Waals surface area contributed by atoms with Gasteiger partial charge >= 0.3 is 0 Å². The van der Waals surface area contributed by atoms with Crippen LogP contribution in [0.3, 0.4) is 0 Å². The van der Waals surface area contributed by atoms with E-state index in [4.69, 9.17) is 0 Å². The van der Waals surface area contributed by atoms with Gasteiger partial charge in [-0.3, -0.25) is 5.10 Å². The summed E-state index contributed by atoms with van der Waals surface area (Å²) in [5.74, 6) is -0.306. The summed E-state index contributed by atoms with van der Waals surface area (Å²) in [5.41, 5.74) is 2.70. The molecule has 0 aliphatic heterocycles. The van der Waals surface area contributed by atoms with Gasteiger partial charge in [0.15, 0.2) is 0 Å². The molecule has 3 N–H and O–H groups in total. The molecule has 0 amide bonds. The molecule has 3 aromatic rings. The molecule has 2 heterocycles. The third-order valence-corrected chi connectivity index (χ3v) is 5.09. The lowest BCUT2D eigenvalue weighted by Crippen LogP contribution is -2.21. The Bertz CT molecular complexity index is 772. The van der Waals surface area contributed by atoms with E-state index in [0.717, 1.165) is 19.9 Å². The largest absolute Gasteiger partial charge is 0.387 e. The van der Waals surface area contributed by atoms with Crippen LogP contribution in [0.1, 0.15) is 17.2 Å². The number of aromatic nitrogens is 2. The first-order valence-electron chi connectivity index (χ1n) is 7.05. The molecule has 0 aliphatic rings. The lowest BCUT2D eigenvalue weighted by atomic mass is 10.1. The van der Waals surface area contributed by atoms with E-state index in [1.165, 1.54) is 12.1 Å². The van der Waals surface area contributed by atoms with Crippen LogP contribution in [0, 0.1) is 5.82 Å². The maximum absolute atomic E-state index is 12.9. The van der Waals surface area contributed by atoms with Crippen LogP contribution >= 0.6 is 27.3 Å². The number of rotatable bonds is 6. The zero-order valence-corrected chi connectivity index (χ0v) is 14.5. The summed E-state index contributed by atoms with van der Waals surface area (Å²) < 4.78 is 13.9. The molecule has 0 saturated carbocycles. The summed E-state index contributed by atoms with van der Waals surface area (Å²) in [6.07, 6.45) is 1.10. The number of thiophene rings is 1. The number of nitrogens with one attached hydrogen (secondary N) is 2. The average Bonchev–Trinajstić information content (AvgIpc) is 3.16. The van der Waals surface area contributed by atoms with E-state index in [9.17, 15) is 9.50 Å². The van der Waals surface area contributed by atoms with Crippen LogP contribution < -0.4 is 5.32 Å². The monoisotopic (exact) mass is 395 g/mol. The highest BCUT2D eigenvalue weighted by molar-refractivity contribution is 9.11. The summed E-state index contributed by atoms with van der Waals surface area (Å²) in [4.78, 5) is 1.10. The molecule has 0 spiro atoms. The van der Waals surface area contributed by atoms with Gasteiger partial charge in [0.25, 0.3) is 0 Å². The number of halogens is 2. The van der Waals surface area contributed by atoms with Gasteiger partial charge in [-0.25, -0.2) is 4.39 Å². The molecule has 2 aromatic heterocycles. The molecule has 7 heteroatoms. The Balaban J connectivity index is 1.59. The minimum Gasteiger partial charge on any atom is -0.387 e. The van der Waals surface area contributed by atoms with Crippen LogP contribution in [-0.2, 0) is 6.54 Å². The molecule has 0 bridgehead atoms. The van der Waals surface area contributed by atoms with Crippen LogP contribution in [0.25, 0.3) is 10.6 Å². The quantitative estimate of drug-likeness (QED) is 0.593. The third kappa shape index (κ3) is 4.06. The molecular formula is C16H15BrFN3OS. The van der Waals surface area contributed by atoms with E-state index in [1.54, 1.807) is 29.7 Å². The first-order chi connectivity index (χ1) is 11.1. The second-order valence-corrected chi connectivity index (χ2v) is 7.54. The second-order valence-electron chi connectivity index (χ2n) is 5.07. The lowest BCUT2D eigenvalue weighted by Gasteiger charge is -2.12. The van der Waals surface area contributed by atoms with Gasteiger partial charge in [-0.2, -0.15) is 5.10 Å². The predicted octanol–water partition coefficient (Wildman–Crippen LogP) is 3.86. The molecule has 23 heavy (non-hydrogen) atoms. The van der Waals surface area contributed by atoms with Gasteiger partial charge in [0.05, 0.1) is 26.7 Å². The fourth-order valence-electron chi connectivity index (χ4n) is 2.25. The molecular weight excluding hydrogens is 381 g/mol. The number of benzene rings is 1. The fraction of sp³-hybridized carbons (Fsp3) is 0.188. The van der Waals surface area contributed by atoms with Crippen molar-refractivity contribution in [1.82, 2.24) is 15.5 Å². The molecule has 0 saturated heterocycles. The normalized spacial score (nSPS) is 12.5. The summed E-state index contributed by atoms with van der Waals surface area (Å²) in [7, 11) is 0. The van der Waals surface area contributed by atoms with Crippen molar-refractivity contribution >= 4 is 27.3 Å². The summed E-state index contributed by atoms with van der Waals surface area (Å²) >= 11 is 5.08. The predicted molar refractivity (Wildman–Crippen MR) is 92.7 cm³/mol. The van der Waals surface area contributed by atoms with E-state index in [0.29, 0.717) is 18.7 Å². The van der Waals surface area contributed by atoms with Crippen LogP contribution in [-0.4, -0.2) is 21.8 Å². The van der Waals surface area contributed by atoms with Crippen LogP contribution in [0.5, 0.6) is 0 Å². The second kappa shape index (κ2) is 7.35. The van der Waals surface area contributed by atoms with Crippen LogP contribution in [0.4, 0.5) is 4.39 Å². The Hall–Kier alpha value is -1.54. The minimum absolute atomic E-state index is 0.306. The SMILES string of the molecule is O[C@@H](CNCc1cn[nH]c1-c1ccc(Br)s1)c1ccc(F)cc1. The molecule has 120 valence electrons. The Morgan fingerprint density at radius 3 is 2.74 bits per heavy atom. The maximum Gasteiger partial charge on any atom is 0.123 e. The molecule has 0 radical (unpaired) electrons. The molecule has 0 aliphatic carbocycles. The van der Waals surface area contributed by atoms with Gasteiger partial charge in [-0.05, 0) is 45.8 Å². The smallest absolute Gasteiger partial charge is 0.123 e. The van der Waals surface area contributed by atoms with E-state index in [-0.39, 0.29) is 5.82 Å². The maximum atomic E-state index is 12.9. The molecule has 0 fully saturated rings. The number of hydrogen-bond acceptors (Lipinski definition) is 4. The highest BCUT2D eigenvalue weighted by Crippen LogP contribution is 2.31. The van der Waals surface area contributed by atoms with Crippen molar-refractivity contribution in [2.45, 2.75) is 12.6 Å². The van der Waals surface area contributed by atoms with Gasteiger partial charge in [0, 0.05) is 18.7 Å². The number of aromatic amines is 1. The molecule has 4 nitrogen and oxygen atoms in total. The number of aliphatic hydroxyl groups excluding tert-OH is 1. The zero-order valence-electron chi connectivity index (χ0n) is 12.1. The van der Waals surface area contributed by atoms with Crippen molar-refractivity contribution in [1.29, 1.82) is 0 Å². The third-order valence-electron chi connectivity index (χ3n) is 3.45. The van der Waals surface area contributed by atoms with Crippen molar-refractivity contribution < 1.29 is 9.50 Å². The number of aliphatic hydroxyl groups is 1. The van der Waals surface area contributed by atoms with Crippen molar-refractivity contribution in [2.24, 2.45) is 0 Å². The van der Waals surface area contributed by atoms with Gasteiger partial charge in [0.1, 0.15) is 5.82 Å². The Morgan fingerprint density at radius 2 is 2.04 bits per heavy atom. The van der Waals surface area contributed by atoms with Crippen molar-refractivity contribution in [3.8, 4) is 10.6 Å². The number of hydrogen-bond donors (Lipinski definition) is 3. The first kappa shape index (κ1) is 16.3. The zero-order chi connectivity index (χ0) is 16.2. The Labute approximate surface area is 145 Å². The Kier molecular flexibility index (Phi) is 5.22. The van der Waals surface area contributed by atoms with E-state index in [1.807, 2.05) is 12.1 Å². The minimum atomic E-state index is -0.679. The van der Waals surface area contributed by atoms with Gasteiger partial charge in [0.2, 0.25) is 0 Å². The van der Waals surface area contributed by atoms with Gasteiger partial charge < -0.3 is 10.4 Å². The highest BCUT2D eigenvalue weighted by atomic mass is 79.9. The average molecular weight is 396 g/mol. The summed E-state index contributed by atoms with van der Waals surface area (Å²) in [6.45, 7) is 0.962. The molecule has 0 unspecified atom stereocenters. The van der Waals surface area contributed by atoms with Crippen LogP contribution in [0.2, 0.25) is 0 Å². The lowest BCUT2D eigenvalue weighted by molar-refractivity contribution is 0.174. The van der Waals surface area contributed by atoms with Crippen molar-refractivity contribution in [3.05, 3.63) is 63.3 Å². The van der Waals surface area contributed by atoms with Gasteiger partial charge in [-0.1, -0.05) is 12.1 Å². The van der Waals surface area contributed by atoms with E-state index < -0.39 is 6.10 Å². The van der Waals surface area contributed by atoms with Crippen molar-refractivity contribution in [3.63, 3.8) is 0 Å².